The predicted molar refractivity (Wildman–Crippen MR) is 69.6 cm³/mol. The first-order valence-electron chi connectivity index (χ1n) is 6.76. The Hall–Kier alpha value is -1.71. The molecule has 4 heteroatoms. The van der Waals surface area contributed by atoms with Crippen molar-refractivity contribution >= 4 is 17.4 Å². The summed E-state index contributed by atoms with van der Waals surface area (Å²) in [5.41, 5.74) is 0.166. The van der Waals surface area contributed by atoms with E-state index in [2.05, 4.69) is 0 Å². The third kappa shape index (κ3) is 1.49. The molecule has 1 fully saturated rings. The number of rotatable bonds is 1. The molecule has 1 heterocycles. The molecule has 3 rings (SSSR count). The van der Waals surface area contributed by atoms with Gasteiger partial charge in [-0.1, -0.05) is 6.42 Å². The normalized spacial score (nSPS) is 26.1. The molecule has 1 spiro atoms. The first-order chi connectivity index (χ1) is 9.11. The van der Waals surface area contributed by atoms with Gasteiger partial charge in [0, 0.05) is 24.2 Å². The third-order valence-corrected chi connectivity index (χ3v) is 4.32. The first kappa shape index (κ1) is 12.3. The second-order valence-corrected chi connectivity index (χ2v) is 5.25. The Morgan fingerprint density at radius 1 is 1.32 bits per heavy atom. The quantitative estimate of drug-likeness (QED) is 0.729. The van der Waals surface area contributed by atoms with E-state index in [0.29, 0.717) is 30.6 Å². The highest BCUT2D eigenvalue weighted by molar-refractivity contribution is 6.22. The minimum absolute atomic E-state index is 0.0495. The number of benzene rings is 1. The molecule has 1 unspecified atom stereocenters. The van der Waals surface area contributed by atoms with Crippen LogP contribution in [-0.4, -0.2) is 18.2 Å². The number of halogens is 1. The summed E-state index contributed by atoms with van der Waals surface area (Å²) in [4.78, 5) is 26.7. The fourth-order valence-corrected chi connectivity index (χ4v) is 3.39. The number of hydrogen-bond donors (Lipinski definition) is 0. The highest BCUT2D eigenvalue weighted by atomic mass is 19.1. The standard InChI is InChI=1S/C15H16FNO2/c1-2-17-12-7-6-10(16)9-11(12)15(14(17)19)8-4-3-5-13(15)18/h6-7,9H,2-5,8H2,1H3. The summed E-state index contributed by atoms with van der Waals surface area (Å²) in [6.45, 7) is 2.38. The van der Waals surface area contributed by atoms with Crippen molar-refractivity contribution in [1.82, 2.24) is 0 Å². The molecule has 1 atom stereocenters. The SMILES string of the molecule is CCN1C(=O)C2(CCCCC2=O)c2cc(F)ccc21. The first-order valence-corrected chi connectivity index (χ1v) is 6.76. The van der Waals surface area contributed by atoms with E-state index in [0.717, 1.165) is 12.8 Å². The lowest BCUT2D eigenvalue weighted by molar-refractivity contribution is -0.136. The molecule has 0 radical (unpaired) electrons. The van der Waals surface area contributed by atoms with Gasteiger partial charge in [0.25, 0.3) is 0 Å². The second-order valence-electron chi connectivity index (χ2n) is 5.25. The van der Waals surface area contributed by atoms with Crippen LogP contribution < -0.4 is 4.90 Å². The van der Waals surface area contributed by atoms with Crippen molar-refractivity contribution in [2.24, 2.45) is 0 Å². The molecule has 0 saturated heterocycles. The summed E-state index contributed by atoms with van der Waals surface area (Å²) in [7, 11) is 0. The minimum Gasteiger partial charge on any atom is -0.311 e. The van der Waals surface area contributed by atoms with Crippen molar-refractivity contribution in [2.45, 2.75) is 38.0 Å². The van der Waals surface area contributed by atoms with E-state index in [1.165, 1.54) is 12.1 Å². The molecule has 3 nitrogen and oxygen atoms in total. The Balaban J connectivity index is 2.24. The molecule has 1 aromatic rings. The summed E-state index contributed by atoms with van der Waals surface area (Å²) in [5.74, 6) is -0.603. The maximum atomic E-state index is 13.5. The lowest BCUT2D eigenvalue weighted by Gasteiger charge is -2.30. The van der Waals surface area contributed by atoms with Gasteiger partial charge >= 0.3 is 0 Å². The van der Waals surface area contributed by atoms with Gasteiger partial charge in [0.05, 0.1) is 0 Å². The molecule has 1 saturated carbocycles. The van der Waals surface area contributed by atoms with Gasteiger partial charge in [-0.3, -0.25) is 9.59 Å². The zero-order valence-electron chi connectivity index (χ0n) is 10.9. The van der Waals surface area contributed by atoms with E-state index in [1.54, 1.807) is 11.0 Å². The van der Waals surface area contributed by atoms with Crippen molar-refractivity contribution in [3.63, 3.8) is 0 Å². The number of likely N-dealkylation sites (N-methyl/N-ethyl adjacent to an activating group) is 1. The Labute approximate surface area is 111 Å². The number of amides is 1. The molecule has 1 aromatic carbocycles. The van der Waals surface area contributed by atoms with Crippen molar-refractivity contribution < 1.29 is 14.0 Å². The Morgan fingerprint density at radius 2 is 2.11 bits per heavy atom. The maximum absolute atomic E-state index is 13.5. The molecule has 1 aliphatic heterocycles. The third-order valence-electron chi connectivity index (χ3n) is 4.32. The van der Waals surface area contributed by atoms with Crippen LogP contribution in [0.25, 0.3) is 0 Å². The van der Waals surface area contributed by atoms with E-state index < -0.39 is 5.41 Å². The van der Waals surface area contributed by atoms with Gasteiger partial charge in [0.2, 0.25) is 5.91 Å². The molecule has 19 heavy (non-hydrogen) atoms. The van der Waals surface area contributed by atoms with Gasteiger partial charge in [-0.25, -0.2) is 4.39 Å². The van der Waals surface area contributed by atoms with E-state index in [-0.39, 0.29) is 17.5 Å². The van der Waals surface area contributed by atoms with E-state index in [9.17, 15) is 14.0 Å². The van der Waals surface area contributed by atoms with Crippen LogP contribution in [-0.2, 0) is 15.0 Å². The summed E-state index contributed by atoms with van der Waals surface area (Å²) in [5, 5.41) is 0. The zero-order chi connectivity index (χ0) is 13.6. The molecule has 2 aliphatic rings. The summed E-state index contributed by atoms with van der Waals surface area (Å²) >= 11 is 0. The molecule has 0 aromatic heterocycles. The largest absolute Gasteiger partial charge is 0.311 e. The highest BCUT2D eigenvalue weighted by Gasteiger charge is 2.55. The molecule has 0 bridgehead atoms. The van der Waals surface area contributed by atoms with E-state index >= 15 is 0 Å². The van der Waals surface area contributed by atoms with Crippen LogP contribution >= 0.6 is 0 Å². The van der Waals surface area contributed by atoms with Crippen LogP contribution in [0.5, 0.6) is 0 Å². The van der Waals surface area contributed by atoms with Gasteiger partial charge in [-0.2, -0.15) is 0 Å². The number of ketones is 1. The summed E-state index contributed by atoms with van der Waals surface area (Å²) in [6.07, 6.45) is 2.59. The van der Waals surface area contributed by atoms with Crippen molar-refractivity contribution in [3.8, 4) is 0 Å². The van der Waals surface area contributed by atoms with Crippen molar-refractivity contribution in [3.05, 3.63) is 29.6 Å². The molecule has 1 amide bonds. The lowest BCUT2D eigenvalue weighted by Crippen LogP contribution is -2.47. The van der Waals surface area contributed by atoms with E-state index in [4.69, 9.17) is 0 Å². The van der Waals surface area contributed by atoms with Crippen LogP contribution in [0.2, 0.25) is 0 Å². The van der Waals surface area contributed by atoms with Gasteiger partial charge in [-0.05, 0) is 38.0 Å². The number of nitrogens with zero attached hydrogens (tertiary/aromatic N) is 1. The predicted octanol–water partition coefficient (Wildman–Crippen LogP) is 2.57. The monoisotopic (exact) mass is 261 g/mol. The number of hydrogen-bond acceptors (Lipinski definition) is 2. The maximum Gasteiger partial charge on any atom is 0.245 e. The smallest absolute Gasteiger partial charge is 0.245 e. The lowest BCUT2D eigenvalue weighted by atomic mass is 9.69. The average molecular weight is 261 g/mol. The van der Waals surface area contributed by atoms with Gasteiger partial charge in [-0.15, -0.1) is 0 Å². The molecule has 100 valence electrons. The molecule has 1 aliphatic carbocycles. The average Bonchev–Trinajstić information content (AvgIpc) is 2.63. The number of carbonyl (C=O) groups is 2. The van der Waals surface area contributed by atoms with Gasteiger partial charge in [0.1, 0.15) is 11.2 Å². The molecular formula is C15H16FNO2. The number of fused-ring (bicyclic) bond motifs is 2. The Morgan fingerprint density at radius 3 is 2.79 bits per heavy atom. The van der Waals surface area contributed by atoms with Crippen LogP contribution in [0, 0.1) is 5.82 Å². The fourth-order valence-electron chi connectivity index (χ4n) is 3.39. The summed E-state index contributed by atoms with van der Waals surface area (Å²) in [6, 6.07) is 4.33. The van der Waals surface area contributed by atoms with Gasteiger partial charge in [0.15, 0.2) is 5.78 Å². The molecular weight excluding hydrogens is 245 g/mol. The number of anilines is 1. The van der Waals surface area contributed by atoms with Gasteiger partial charge < -0.3 is 4.90 Å². The van der Waals surface area contributed by atoms with Crippen LogP contribution in [0.1, 0.15) is 38.2 Å². The van der Waals surface area contributed by atoms with Crippen LogP contribution in [0.3, 0.4) is 0 Å². The number of Topliss-reactive ketones (excluding diaryl/α,β-unsaturated/α-hetero) is 1. The second kappa shape index (κ2) is 4.15. The Kier molecular flexibility index (Phi) is 2.69. The Bertz CT molecular complexity index is 569. The highest BCUT2D eigenvalue weighted by Crippen LogP contribution is 2.48. The van der Waals surface area contributed by atoms with Crippen LogP contribution in [0.4, 0.5) is 10.1 Å². The number of carbonyl (C=O) groups excluding carboxylic acids is 2. The van der Waals surface area contributed by atoms with Crippen molar-refractivity contribution in [2.75, 3.05) is 11.4 Å². The topological polar surface area (TPSA) is 37.4 Å². The fraction of sp³-hybridized carbons (Fsp3) is 0.467. The molecule has 0 N–H and O–H groups in total. The van der Waals surface area contributed by atoms with E-state index in [1.807, 2.05) is 6.92 Å². The summed E-state index contributed by atoms with van der Waals surface area (Å²) < 4.78 is 13.5. The minimum atomic E-state index is -1.11. The van der Waals surface area contributed by atoms with Crippen LogP contribution in [0.15, 0.2) is 18.2 Å². The zero-order valence-corrected chi connectivity index (χ0v) is 10.9. The van der Waals surface area contributed by atoms with Crippen molar-refractivity contribution in [1.29, 1.82) is 0 Å².